The van der Waals surface area contributed by atoms with Crippen molar-refractivity contribution >= 4 is 39.0 Å². The van der Waals surface area contributed by atoms with E-state index in [1.165, 1.54) is 13.0 Å². The number of carbonyl (C=O) groups excluding carboxylic acids is 1. The molecule has 1 amide bonds. The van der Waals surface area contributed by atoms with E-state index in [9.17, 15) is 13.6 Å². The number of aromatic nitrogens is 1. The summed E-state index contributed by atoms with van der Waals surface area (Å²) in [5.74, 6) is -3.39. The van der Waals surface area contributed by atoms with Gasteiger partial charge in [0.2, 0.25) is 0 Å². The van der Waals surface area contributed by atoms with Crippen molar-refractivity contribution in [2.75, 3.05) is 23.7 Å². The first-order valence-electron chi connectivity index (χ1n) is 8.89. The highest BCUT2D eigenvalue weighted by Crippen LogP contribution is 2.44. The summed E-state index contributed by atoms with van der Waals surface area (Å²) in [7, 11) is 0. The van der Waals surface area contributed by atoms with Crippen molar-refractivity contribution in [1.29, 1.82) is 0 Å². The first-order valence-corrected chi connectivity index (χ1v) is 9.71. The van der Waals surface area contributed by atoms with Crippen molar-refractivity contribution in [3.05, 3.63) is 16.5 Å². The van der Waals surface area contributed by atoms with Crippen LogP contribution in [0.25, 0.3) is 10.2 Å². The van der Waals surface area contributed by atoms with Crippen LogP contribution in [0.2, 0.25) is 0 Å². The molecule has 1 aliphatic heterocycles. The predicted octanol–water partition coefficient (Wildman–Crippen LogP) is 3.04. The summed E-state index contributed by atoms with van der Waals surface area (Å²) in [5.41, 5.74) is 17.1. The van der Waals surface area contributed by atoms with Gasteiger partial charge >= 0.3 is 0 Å². The van der Waals surface area contributed by atoms with Crippen molar-refractivity contribution in [2.24, 2.45) is 16.9 Å². The minimum Gasteiger partial charge on any atom is -0.397 e. The lowest BCUT2D eigenvalue weighted by atomic mass is 9.79. The molecule has 1 fully saturated rings. The van der Waals surface area contributed by atoms with Crippen LogP contribution >= 0.6 is 11.3 Å². The summed E-state index contributed by atoms with van der Waals surface area (Å²) in [6, 6.07) is 1.43. The summed E-state index contributed by atoms with van der Waals surface area (Å²) in [5, 5.41) is 0.123. The van der Waals surface area contributed by atoms with Crippen LogP contribution in [-0.4, -0.2) is 30.0 Å². The van der Waals surface area contributed by atoms with Gasteiger partial charge in [-0.2, -0.15) is 0 Å². The number of hydrogen-bond acceptors (Lipinski definition) is 6. The molecule has 1 atom stereocenters. The summed E-state index contributed by atoms with van der Waals surface area (Å²) in [6.07, 6.45) is 0.356. The second kappa shape index (κ2) is 6.56. The molecule has 0 bridgehead atoms. The number of hydrogen-bond donors (Lipinski definition) is 3. The van der Waals surface area contributed by atoms with Crippen LogP contribution in [0.3, 0.4) is 0 Å². The number of amides is 1. The lowest BCUT2D eigenvalue weighted by molar-refractivity contribution is -0.00672. The molecular formula is C18H25F2N5OS. The van der Waals surface area contributed by atoms with Crippen LogP contribution in [0.4, 0.5) is 20.3 Å². The number of nitrogens with zero attached hydrogens (tertiary/aromatic N) is 2. The number of anilines is 2. The third-order valence-corrected chi connectivity index (χ3v) is 6.50. The molecule has 148 valence electrons. The number of nitrogens with two attached hydrogens (primary N) is 3. The van der Waals surface area contributed by atoms with Gasteiger partial charge in [-0.05, 0) is 17.9 Å². The molecule has 1 saturated heterocycles. The fourth-order valence-corrected chi connectivity index (χ4v) is 4.47. The molecule has 0 aliphatic carbocycles. The lowest BCUT2D eigenvalue weighted by Gasteiger charge is -2.43. The number of primary amides is 1. The number of rotatable bonds is 4. The number of fused-ring (bicyclic) bond motifs is 1. The van der Waals surface area contributed by atoms with Gasteiger partial charge in [0.15, 0.2) is 0 Å². The first-order chi connectivity index (χ1) is 12.5. The number of thiophene rings is 1. The maximum Gasteiger partial charge on any atom is 0.273 e. The quantitative estimate of drug-likeness (QED) is 0.734. The standard InChI is InChI=1S/C18H25F2N5OS/c1-4-18(19,20)9-7-11(25-6-5-10(21)17(2,3)8-25)24-16-12(9)13(22)14(27-16)15(23)26/h7,10H,4-6,8,21-22H2,1-3H3,(H2,23,26). The second-order valence-corrected chi connectivity index (χ2v) is 8.78. The molecule has 1 aliphatic rings. The van der Waals surface area contributed by atoms with Gasteiger partial charge in [-0.25, -0.2) is 13.8 Å². The average Bonchev–Trinajstić information content (AvgIpc) is 2.93. The summed E-state index contributed by atoms with van der Waals surface area (Å²) < 4.78 is 29.5. The molecule has 0 radical (unpaired) electrons. The van der Waals surface area contributed by atoms with E-state index in [4.69, 9.17) is 17.2 Å². The third kappa shape index (κ3) is 3.34. The van der Waals surface area contributed by atoms with E-state index in [-0.39, 0.29) is 39.4 Å². The molecule has 27 heavy (non-hydrogen) atoms. The smallest absolute Gasteiger partial charge is 0.273 e. The number of carbonyl (C=O) groups is 1. The third-order valence-electron chi connectivity index (χ3n) is 5.38. The molecule has 0 aromatic carbocycles. The molecule has 3 rings (SSSR count). The Morgan fingerprint density at radius 3 is 2.70 bits per heavy atom. The van der Waals surface area contributed by atoms with Crippen LogP contribution in [0, 0.1) is 5.41 Å². The van der Waals surface area contributed by atoms with E-state index in [0.717, 1.165) is 17.8 Å². The van der Waals surface area contributed by atoms with Crippen LogP contribution in [0.1, 0.15) is 48.8 Å². The van der Waals surface area contributed by atoms with E-state index in [0.29, 0.717) is 23.7 Å². The van der Waals surface area contributed by atoms with Gasteiger partial charge in [0, 0.05) is 36.5 Å². The van der Waals surface area contributed by atoms with E-state index in [1.807, 2.05) is 4.90 Å². The zero-order chi connectivity index (χ0) is 20.1. The molecule has 6 N–H and O–H groups in total. The molecule has 9 heteroatoms. The normalized spacial score (nSPS) is 20.2. The fourth-order valence-electron chi connectivity index (χ4n) is 3.50. The Morgan fingerprint density at radius 2 is 2.15 bits per heavy atom. The maximum atomic E-state index is 14.7. The Hall–Kier alpha value is -2.00. The number of nitrogen functional groups attached to an aromatic ring is 1. The number of alkyl halides is 2. The Labute approximate surface area is 160 Å². The molecule has 3 heterocycles. The fraction of sp³-hybridized carbons (Fsp3) is 0.556. The average molecular weight is 397 g/mol. The molecular weight excluding hydrogens is 372 g/mol. The predicted molar refractivity (Wildman–Crippen MR) is 105 cm³/mol. The Kier molecular flexibility index (Phi) is 4.80. The topological polar surface area (TPSA) is 111 Å². The highest BCUT2D eigenvalue weighted by molar-refractivity contribution is 7.21. The molecule has 1 unspecified atom stereocenters. The van der Waals surface area contributed by atoms with E-state index >= 15 is 0 Å². The lowest BCUT2D eigenvalue weighted by Crippen LogP contribution is -2.52. The van der Waals surface area contributed by atoms with Crippen molar-refractivity contribution in [1.82, 2.24) is 4.98 Å². The monoisotopic (exact) mass is 397 g/mol. The van der Waals surface area contributed by atoms with E-state index in [1.54, 1.807) is 0 Å². The van der Waals surface area contributed by atoms with Crippen molar-refractivity contribution < 1.29 is 13.6 Å². The minimum absolute atomic E-state index is 0.0225. The van der Waals surface area contributed by atoms with Crippen molar-refractivity contribution in [2.45, 2.75) is 45.6 Å². The van der Waals surface area contributed by atoms with Gasteiger partial charge in [-0.3, -0.25) is 4.79 Å². The number of pyridine rings is 1. The Bertz CT molecular complexity index is 895. The van der Waals surface area contributed by atoms with Crippen LogP contribution < -0.4 is 22.1 Å². The second-order valence-electron chi connectivity index (χ2n) is 7.78. The van der Waals surface area contributed by atoms with Gasteiger partial charge in [0.05, 0.1) is 5.69 Å². The first kappa shape index (κ1) is 19.8. The molecule has 6 nitrogen and oxygen atoms in total. The molecule has 2 aromatic heterocycles. The van der Waals surface area contributed by atoms with Crippen LogP contribution in [0.15, 0.2) is 6.07 Å². The summed E-state index contributed by atoms with van der Waals surface area (Å²) in [6.45, 7) is 6.75. The van der Waals surface area contributed by atoms with Crippen LogP contribution in [-0.2, 0) is 5.92 Å². The maximum absolute atomic E-state index is 14.7. The largest absolute Gasteiger partial charge is 0.397 e. The zero-order valence-electron chi connectivity index (χ0n) is 15.7. The van der Waals surface area contributed by atoms with E-state index in [2.05, 4.69) is 18.8 Å². The van der Waals surface area contributed by atoms with Crippen molar-refractivity contribution in [3.8, 4) is 0 Å². The van der Waals surface area contributed by atoms with Gasteiger partial charge in [0.1, 0.15) is 15.5 Å². The van der Waals surface area contributed by atoms with Crippen LogP contribution in [0.5, 0.6) is 0 Å². The zero-order valence-corrected chi connectivity index (χ0v) is 16.5. The van der Waals surface area contributed by atoms with Crippen molar-refractivity contribution in [3.63, 3.8) is 0 Å². The summed E-state index contributed by atoms with van der Waals surface area (Å²) >= 11 is 0.956. The Morgan fingerprint density at radius 1 is 1.48 bits per heavy atom. The molecule has 0 spiro atoms. The van der Waals surface area contributed by atoms with Gasteiger partial charge in [0.25, 0.3) is 11.8 Å². The Balaban J connectivity index is 2.20. The van der Waals surface area contributed by atoms with Gasteiger partial charge < -0.3 is 22.1 Å². The van der Waals surface area contributed by atoms with Gasteiger partial charge in [-0.15, -0.1) is 11.3 Å². The van der Waals surface area contributed by atoms with Gasteiger partial charge in [-0.1, -0.05) is 20.8 Å². The highest BCUT2D eigenvalue weighted by atomic mass is 32.1. The van der Waals surface area contributed by atoms with E-state index < -0.39 is 11.8 Å². The SMILES string of the molecule is CCC(F)(F)c1cc(N2CCC(N)C(C)(C)C2)nc2sc(C(N)=O)c(N)c12. The molecule has 2 aromatic rings. The highest BCUT2D eigenvalue weighted by Gasteiger charge is 2.37. The minimum atomic E-state index is -3.10. The number of piperidine rings is 1. The molecule has 0 saturated carbocycles. The number of halogens is 2. The summed E-state index contributed by atoms with van der Waals surface area (Å²) in [4.78, 5) is 18.5.